The number of aliphatic hydroxyl groups is 2. The molecule has 1 saturated heterocycles. The highest BCUT2D eigenvalue weighted by Gasteiger charge is 2.36. The Kier molecular flexibility index (Phi) is 3.25. The summed E-state index contributed by atoms with van der Waals surface area (Å²) in [6, 6.07) is 8.78. The number of benzene rings is 1. The number of nitrogens with one attached hydrogen (secondary N) is 1. The molecule has 0 radical (unpaired) electrons. The van der Waals surface area contributed by atoms with Crippen LogP contribution in [0.1, 0.15) is 30.1 Å². The predicted octanol–water partition coefficient (Wildman–Crippen LogP) is 1.83. The SMILES string of the molecule is OCC1CC(O)CN2CCc3c([nH]c4ccccc34)C2C1. The van der Waals surface area contributed by atoms with Crippen LogP contribution in [-0.2, 0) is 6.42 Å². The summed E-state index contributed by atoms with van der Waals surface area (Å²) in [7, 11) is 0. The highest BCUT2D eigenvalue weighted by atomic mass is 16.3. The van der Waals surface area contributed by atoms with Gasteiger partial charge in [0.05, 0.1) is 12.1 Å². The Labute approximate surface area is 124 Å². The number of aromatic amines is 1. The van der Waals surface area contributed by atoms with Crippen LogP contribution in [-0.4, -0.2) is 45.9 Å². The normalized spacial score (nSPS) is 29.9. The Balaban J connectivity index is 1.78. The van der Waals surface area contributed by atoms with E-state index in [2.05, 4.69) is 34.1 Å². The first kappa shape index (κ1) is 13.3. The van der Waals surface area contributed by atoms with E-state index >= 15 is 0 Å². The maximum atomic E-state index is 10.2. The van der Waals surface area contributed by atoms with Crippen LogP contribution >= 0.6 is 0 Å². The van der Waals surface area contributed by atoms with Crippen LogP contribution in [0.25, 0.3) is 10.9 Å². The Bertz CT molecular complexity index is 651. The van der Waals surface area contributed by atoms with Gasteiger partial charge in [0, 0.05) is 36.3 Å². The summed E-state index contributed by atoms with van der Waals surface area (Å²) in [5.41, 5.74) is 3.93. The molecular weight excluding hydrogens is 264 g/mol. The summed E-state index contributed by atoms with van der Waals surface area (Å²) >= 11 is 0. The number of hydrogen-bond acceptors (Lipinski definition) is 3. The van der Waals surface area contributed by atoms with Crippen LogP contribution in [0.2, 0.25) is 0 Å². The molecule has 4 heteroatoms. The molecule has 4 nitrogen and oxygen atoms in total. The zero-order chi connectivity index (χ0) is 14.4. The molecule has 1 aromatic carbocycles. The van der Waals surface area contributed by atoms with Crippen molar-refractivity contribution in [2.75, 3.05) is 19.7 Å². The van der Waals surface area contributed by atoms with Crippen molar-refractivity contribution >= 4 is 10.9 Å². The van der Waals surface area contributed by atoms with E-state index in [1.165, 1.54) is 22.2 Å². The smallest absolute Gasteiger partial charge is 0.0670 e. The van der Waals surface area contributed by atoms with Gasteiger partial charge >= 0.3 is 0 Å². The molecule has 21 heavy (non-hydrogen) atoms. The molecule has 3 heterocycles. The molecule has 4 rings (SSSR count). The van der Waals surface area contributed by atoms with Gasteiger partial charge in [0.15, 0.2) is 0 Å². The summed E-state index contributed by atoms with van der Waals surface area (Å²) in [6.07, 6.45) is 2.34. The number of para-hydroxylation sites is 1. The first-order valence-corrected chi connectivity index (χ1v) is 7.88. The van der Waals surface area contributed by atoms with Gasteiger partial charge in [-0.2, -0.15) is 0 Å². The van der Waals surface area contributed by atoms with E-state index < -0.39 is 0 Å². The second-order valence-electron chi connectivity index (χ2n) is 6.50. The molecule has 3 N–H and O–H groups in total. The van der Waals surface area contributed by atoms with E-state index in [-0.39, 0.29) is 18.6 Å². The van der Waals surface area contributed by atoms with E-state index in [0.717, 1.165) is 25.9 Å². The lowest BCUT2D eigenvalue weighted by Gasteiger charge is -2.35. The van der Waals surface area contributed by atoms with Gasteiger partial charge in [0.25, 0.3) is 0 Å². The van der Waals surface area contributed by atoms with Crippen molar-refractivity contribution in [2.24, 2.45) is 5.92 Å². The van der Waals surface area contributed by atoms with Crippen molar-refractivity contribution in [1.82, 2.24) is 9.88 Å². The number of hydrogen-bond donors (Lipinski definition) is 3. The highest BCUT2D eigenvalue weighted by molar-refractivity contribution is 5.85. The summed E-state index contributed by atoms with van der Waals surface area (Å²) in [5.74, 6) is 0.187. The third-order valence-corrected chi connectivity index (χ3v) is 5.14. The number of aliphatic hydroxyl groups excluding tert-OH is 2. The topological polar surface area (TPSA) is 59.5 Å². The van der Waals surface area contributed by atoms with E-state index in [1.54, 1.807) is 0 Å². The fourth-order valence-corrected chi connectivity index (χ4v) is 4.14. The summed E-state index contributed by atoms with van der Waals surface area (Å²) in [5, 5.41) is 21.1. The molecule has 2 aromatic rings. The number of H-pyrrole nitrogens is 1. The lowest BCUT2D eigenvalue weighted by Crippen LogP contribution is -2.38. The van der Waals surface area contributed by atoms with Crippen molar-refractivity contribution in [3.05, 3.63) is 35.5 Å². The van der Waals surface area contributed by atoms with Gasteiger partial charge in [-0.05, 0) is 36.8 Å². The van der Waals surface area contributed by atoms with E-state index in [9.17, 15) is 10.2 Å². The monoisotopic (exact) mass is 286 g/mol. The largest absolute Gasteiger partial charge is 0.396 e. The zero-order valence-corrected chi connectivity index (χ0v) is 12.1. The van der Waals surface area contributed by atoms with Gasteiger partial charge in [0.2, 0.25) is 0 Å². The molecule has 1 aromatic heterocycles. The van der Waals surface area contributed by atoms with Crippen LogP contribution in [0.15, 0.2) is 24.3 Å². The highest BCUT2D eigenvalue weighted by Crippen LogP contribution is 2.40. The van der Waals surface area contributed by atoms with Crippen LogP contribution < -0.4 is 0 Å². The van der Waals surface area contributed by atoms with Gasteiger partial charge < -0.3 is 15.2 Å². The minimum absolute atomic E-state index is 0.164. The lowest BCUT2D eigenvalue weighted by atomic mass is 9.91. The minimum Gasteiger partial charge on any atom is -0.396 e. The van der Waals surface area contributed by atoms with Crippen molar-refractivity contribution < 1.29 is 10.2 Å². The fraction of sp³-hybridized carbons (Fsp3) is 0.529. The van der Waals surface area contributed by atoms with Crippen LogP contribution in [0.3, 0.4) is 0 Å². The van der Waals surface area contributed by atoms with E-state index in [4.69, 9.17) is 0 Å². The summed E-state index contributed by atoms with van der Waals surface area (Å²) < 4.78 is 0. The van der Waals surface area contributed by atoms with Crippen LogP contribution in [0, 0.1) is 5.92 Å². The summed E-state index contributed by atoms with van der Waals surface area (Å²) in [6.45, 7) is 1.88. The lowest BCUT2D eigenvalue weighted by molar-refractivity contribution is 0.0920. The molecule has 0 spiro atoms. The van der Waals surface area contributed by atoms with Crippen LogP contribution in [0.5, 0.6) is 0 Å². The average Bonchev–Trinajstić information content (AvgIpc) is 2.78. The van der Waals surface area contributed by atoms with Crippen molar-refractivity contribution in [1.29, 1.82) is 0 Å². The molecule has 0 saturated carbocycles. The molecule has 0 bridgehead atoms. The Hall–Kier alpha value is -1.36. The number of fused-ring (bicyclic) bond motifs is 5. The number of rotatable bonds is 1. The third-order valence-electron chi connectivity index (χ3n) is 5.14. The first-order chi connectivity index (χ1) is 10.3. The molecule has 3 atom stereocenters. The van der Waals surface area contributed by atoms with Gasteiger partial charge in [-0.25, -0.2) is 0 Å². The predicted molar refractivity (Wildman–Crippen MR) is 82.1 cm³/mol. The van der Waals surface area contributed by atoms with Gasteiger partial charge in [-0.3, -0.25) is 4.90 Å². The molecule has 0 aliphatic carbocycles. The summed E-state index contributed by atoms with van der Waals surface area (Å²) in [4.78, 5) is 5.98. The van der Waals surface area contributed by atoms with Gasteiger partial charge in [-0.1, -0.05) is 18.2 Å². The number of aromatic nitrogens is 1. The maximum Gasteiger partial charge on any atom is 0.0670 e. The average molecular weight is 286 g/mol. The molecular formula is C17H22N2O2. The van der Waals surface area contributed by atoms with Crippen molar-refractivity contribution in [3.63, 3.8) is 0 Å². The third kappa shape index (κ3) is 2.18. The molecule has 0 amide bonds. The molecule has 112 valence electrons. The van der Waals surface area contributed by atoms with Gasteiger partial charge in [0.1, 0.15) is 0 Å². The van der Waals surface area contributed by atoms with Crippen LogP contribution in [0.4, 0.5) is 0 Å². The second-order valence-corrected chi connectivity index (χ2v) is 6.50. The van der Waals surface area contributed by atoms with Crippen molar-refractivity contribution in [2.45, 2.75) is 31.4 Å². The Morgan fingerprint density at radius 1 is 1.24 bits per heavy atom. The Morgan fingerprint density at radius 3 is 2.95 bits per heavy atom. The van der Waals surface area contributed by atoms with E-state index in [0.29, 0.717) is 12.5 Å². The first-order valence-electron chi connectivity index (χ1n) is 7.88. The molecule has 3 unspecified atom stereocenters. The molecule has 2 aliphatic rings. The second kappa shape index (κ2) is 5.13. The zero-order valence-electron chi connectivity index (χ0n) is 12.1. The standard InChI is InChI=1S/C17H22N2O2/c20-10-11-7-12(21)9-19-6-5-14-13-3-1-2-4-15(13)18-17(14)16(19)8-11/h1-4,11-12,16,18,20-21H,5-10H2. The quantitative estimate of drug-likeness (QED) is 0.749. The molecule has 2 aliphatic heterocycles. The van der Waals surface area contributed by atoms with Crippen molar-refractivity contribution in [3.8, 4) is 0 Å². The molecule has 1 fully saturated rings. The number of nitrogens with zero attached hydrogens (tertiary/aromatic N) is 1. The Morgan fingerprint density at radius 2 is 2.10 bits per heavy atom. The fourth-order valence-electron chi connectivity index (χ4n) is 4.14. The van der Waals surface area contributed by atoms with E-state index in [1.807, 2.05) is 0 Å². The maximum absolute atomic E-state index is 10.2. The minimum atomic E-state index is -0.321. The van der Waals surface area contributed by atoms with Gasteiger partial charge in [-0.15, -0.1) is 0 Å².